The van der Waals surface area contributed by atoms with Crippen LogP contribution in [0.3, 0.4) is 0 Å². The molecule has 0 atom stereocenters. The molecule has 0 saturated heterocycles. The van der Waals surface area contributed by atoms with Gasteiger partial charge in [0, 0.05) is 33.1 Å². The molecule has 0 unspecified atom stereocenters. The fourth-order valence-corrected chi connectivity index (χ4v) is 3.00. The van der Waals surface area contributed by atoms with Crippen LogP contribution in [0.25, 0.3) is 10.4 Å². The predicted octanol–water partition coefficient (Wildman–Crippen LogP) is 6.57. The third-order valence-electron chi connectivity index (χ3n) is 4.22. The maximum atomic E-state index is 12.9. The first-order valence-electron chi connectivity index (χ1n) is 8.43. The molecule has 6 nitrogen and oxygen atoms in total. The number of benzene rings is 3. The molecule has 28 heavy (non-hydrogen) atoms. The van der Waals surface area contributed by atoms with E-state index in [0.717, 1.165) is 22.7 Å². The number of aryl methyl sites for hydroxylation is 1. The van der Waals surface area contributed by atoms with E-state index in [-0.39, 0.29) is 5.78 Å². The van der Waals surface area contributed by atoms with Gasteiger partial charge in [0.25, 0.3) is 0 Å². The molecule has 0 spiro atoms. The zero-order chi connectivity index (χ0) is 20.1. The number of hydrogen-bond acceptors (Lipinski definition) is 4. The molecule has 0 heterocycles. The normalized spacial score (nSPS) is 10.1. The molecule has 0 radical (unpaired) electrons. The Morgan fingerprint density at radius 1 is 1.04 bits per heavy atom. The Morgan fingerprint density at radius 2 is 1.75 bits per heavy atom. The molecule has 3 aromatic carbocycles. The van der Waals surface area contributed by atoms with Crippen LogP contribution in [0.2, 0.25) is 5.02 Å². The summed E-state index contributed by atoms with van der Waals surface area (Å²) in [5.41, 5.74) is 12.2. The first kappa shape index (κ1) is 19.3. The van der Waals surface area contributed by atoms with Crippen molar-refractivity contribution in [2.24, 2.45) is 5.11 Å². The molecule has 0 fully saturated rings. The van der Waals surface area contributed by atoms with E-state index in [1.54, 1.807) is 43.5 Å². The number of carbonyl (C=O) groups is 1. The van der Waals surface area contributed by atoms with Crippen molar-refractivity contribution in [2.45, 2.75) is 6.92 Å². The summed E-state index contributed by atoms with van der Waals surface area (Å²) >= 11 is 6.38. The van der Waals surface area contributed by atoms with E-state index in [1.165, 1.54) is 0 Å². The molecule has 0 saturated carbocycles. The summed E-state index contributed by atoms with van der Waals surface area (Å²) in [6.07, 6.45) is 0. The zero-order valence-electron chi connectivity index (χ0n) is 15.3. The van der Waals surface area contributed by atoms with Gasteiger partial charge in [0.2, 0.25) is 0 Å². The Hall–Kier alpha value is -3.47. The van der Waals surface area contributed by atoms with Gasteiger partial charge in [-0.2, -0.15) is 0 Å². The monoisotopic (exact) mass is 392 g/mol. The largest absolute Gasteiger partial charge is 0.497 e. The second-order valence-corrected chi connectivity index (χ2v) is 6.47. The van der Waals surface area contributed by atoms with Gasteiger partial charge in [0.1, 0.15) is 5.75 Å². The highest BCUT2D eigenvalue weighted by Gasteiger charge is 2.16. The summed E-state index contributed by atoms with van der Waals surface area (Å²) in [5, 5.41) is 7.12. The third kappa shape index (κ3) is 4.26. The highest BCUT2D eigenvalue weighted by atomic mass is 35.5. The fraction of sp³-hybridized carbons (Fsp3) is 0.0952. The highest BCUT2D eigenvalue weighted by Crippen LogP contribution is 2.28. The molecular formula is C21H17ClN4O2. The number of carbonyl (C=O) groups excluding carboxylic acids is 1. The number of ether oxygens (including phenoxy) is 1. The summed E-state index contributed by atoms with van der Waals surface area (Å²) < 4.78 is 5.14. The molecule has 0 aromatic heterocycles. The van der Waals surface area contributed by atoms with Crippen molar-refractivity contribution in [1.29, 1.82) is 0 Å². The number of hydrogen-bond donors (Lipinski definition) is 1. The van der Waals surface area contributed by atoms with Crippen LogP contribution < -0.4 is 10.1 Å². The van der Waals surface area contributed by atoms with Gasteiger partial charge in [-0.05, 0) is 66.5 Å². The van der Waals surface area contributed by atoms with Gasteiger partial charge in [-0.25, -0.2) is 0 Å². The molecule has 3 rings (SSSR count). The van der Waals surface area contributed by atoms with E-state index >= 15 is 0 Å². The van der Waals surface area contributed by atoms with E-state index in [4.69, 9.17) is 21.9 Å². The van der Waals surface area contributed by atoms with Crippen molar-refractivity contribution in [1.82, 2.24) is 0 Å². The lowest BCUT2D eigenvalue weighted by Gasteiger charge is -2.11. The van der Waals surface area contributed by atoms with Crippen molar-refractivity contribution >= 4 is 34.4 Å². The van der Waals surface area contributed by atoms with Crippen molar-refractivity contribution in [3.63, 3.8) is 0 Å². The first-order chi connectivity index (χ1) is 13.5. The minimum Gasteiger partial charge on any atom is -0.497 e. The third-order valence-corrected chi connectivity index (χ3v) is 4.53. The lowest BCUT2D eigenvalue weighted by Crippen LogP contribution is -2.05. The average molecular weight is 393 g/mol. The minimum absolute atomic E-state index is 0.228. The van der Waals surface area contributed by atoms with Gasteiger partial charge in [-0.1, -0.05) is 28.8 Å². The topological polar surface area (TPSA) is 87.1 Å². The van der Waals surface area contributed by atoms with Crippen LogP contribution in [0.5, 0.6) is 5.75 Å². The quantitative estimate of drug-likeness (QED) is 0.222. The number of anilines is 2. The van der Waals surface area contributed by atoms with Gasteiger partial charge in [0.15, 0.2) is 5.78 Å². The van der Waals surface area contributed by atoms with Crippen molar-refractivity contribution in [3.8, 4) is 5.75 Å². The molecule has 0 amide bonds. The standard InChI is InChI=1S/C21H17ClN4O2/c1-13-3-4-16(25-26-23)11-19(13)21(27)18-10-7-15(12-20(18)22)24-14-5-8-17(28-2)9-6-14/h3-12,24H,1-2H3. The van der Waals surface area contributed by atoms with E-state index in [1.807, 2.05) is 31.2 Å². The summed E-state index contributed by atoms with van der Waals surface area (Å²) in [4.78, 5) is 15.7. The second-order valence-electron chi connectivity index (χ2n) is 6.07. The number of rotatable bonds is 6. The lowest BCUT2D eigenvalue weighted by atomic mass is 9.98. The molecule has 3 aromatic rings. The first-order valence-corrected chi connectivity index (χ1v) is 8.80. The van der Waals surface area contributed by atoms with Crippen molar-refractivity contribution in [3.05, 3.63) is 92.8 Å². The molecule has 0 aliphatic heterocycles. The summed E-state index contributed by atoms with van der Waals surface area (Å²) in [7, 11) is 1.61. The second kappa shape index (κ2) is 8.48. The molecule has 0 aliphatic rings. The Bertz CT molecular complexity index is 1070. The van der Waals surface area contributed by atoms with Gasteiger partial charge in [-0.15, -0.1) is 0 Å². The number of halogens is 1. The Labute approximate surface area is 167 Å². The predicted molar refractivity (Wildman–Crippen MR) is 111 cm³/mol. The summed E-state index contributed by atoms with van der Waals surface area (Å²) in [5.74, 6) is 0.538. The van der Waals surface area contributed by atoms with E-state index in [9.17, 15) is 4.79 Å². The Balaban J connectivity index is 1.86. The van der Waals surface area contributed by atoms with E-state index in [2.05, 4.69) is 15.3 Å². The summed E-state index contributed by atoms with van der Waals surface area (Å²) in [6.45, 7) is 1.82. The lowest BCUT2D eigenvalue weighted by molar-refractivity contribution is 0.103. The number of nitrogens with one attached hydrogen (secondary N) is 1. The fourth-order valence-electron chi connectivity index (χ4n) is 2.73. The van der Waals surface area contributed by atoms with Gasteiger partial charge >= 0.3 is 0 Å². The van der Waals surface area contributed by atoms with Gasteiger partial charge in [0.05, 0.1) is 12.1 Å². The van der Waals surface area contributed by atoms with Gasteiger partial charge < -0.3 is 10.1 Å². The van der Waals surface area contributed by atoms with Crippen molar-refractivity contribution in [2.75, 3.05) is 12.4 Å². The van der Waals surface area contributed by atoms with E-state index < -0.39 is 0 Å². The van der Waals surface area contributed by atoms with Crippen molar-refractivity contribution < 1.29 is 9.53 Å². The van der Waals surface area contributed by atoms with Crippen LogP contribution in [0, 0.1) is 6.92 Å². The molecule has 140 valence electrons. The van der Waals surface area contributed by atoms with Crippen LogP contribution in [-0.4, -0.2) is 12.9 Å². The van der Waals surface area contributed by atoms with Crippen LogP contribution >= 0.6 is 11.6 Å². The summed E-state index contributed by atoms with van der Waals surface area (Å²) in [6, 6.07) is 17.6. The van der Waals surface area contributed by atoms with Crippen LogP contribution in [0.1, 0.15) is 21.5 Å². The number of nitrogens with zero attached hydrogens (tertiary/aromatic N) is 3. The SMILES string of the molecule is COc1ccc(Nc2ccc(C(=O)c3cc(N=[N+]=[N-])ccc3C)c(Cl)c2)cc1. The highest BCUT2D eigenvalue weighted by molar-refractivity contribution is 6.35. The Morgan fingerprint density at radius 3 is 2.39 bits per heavy atom. The zero-order valence-corrected chi connectivity index (χ0v) is 16.1. The Kier molecular flexibility index (Phi) is 5.84. The molecule has 0 bridgehead atoms. The molecule has 1 N–H and O–H groups in total. The maximum absolute atomic E-state index is 12.9. The molecular weight excluding hydrogens is 376 g/mol. The number of azide groups is 1. The number of ketones is 1. The van der Waals surface area contributed by atoms with Gasteiger partial charge in [-0.3, -0.25) is 4.79 Å². The van der Waals surface area contributed by atoms with Crippen LogP contribution in [-0.2, 0) is 0 Å². The average Bonchev–Trinajstić information content (AvgIpc) is 2.70. The van der Waals surface area contributed by atoms with Crippen LogP contribution in [0.4, 0.5) is 17.1 Å². The molecule has 0 aliphatic carbocycles. The van der Waals surface area contributed by atoms with E-state index in [0.29, 0.717) is 21.8 Å². The maximum Gasteiger partial charge on any atom is 0.194 e. The minimum atomic E-state index is -0.228. The smallest absolute Gasteiger partial charge is 0.194 e. The van der Waals surface area contributed by atoms with Crippen LogP contribution in [0.15, 0.2) is 65.8 Å². The molecule has 7 heteroatoms. The number of methoxy groups -OCH3 is 1.